The minimum absolute atomic E-state index is 0.144. The number of rotatable bonds is 4. The van der Waals surface area contributed by atoms with Crippen LogP contribution in [0.15, 0.2) is 36.5 Å². The van der Waals surface area contributed by atoms with Crippen molar-refractivity contribution >= 4 is 11.8 Å². The Balaban J connectivity index is 1.48. The first-order valence-electron chi connectivity index (χ1n) is 9.69. The zero-order valence-electron chi connectivity index (χ0n) is 15.7. The van der Waals surface area contributed by atoms with Gasteiger partial charge in [-0.25, -0.2) is 4.68 Å². The molecular formula is C20H25N5O2. The number of aromatic nitrogens is 3. The number of benzene rings is 1. The second-order valence-corrected chi connectivity index (χ2v) is 7.54. The van der Waals surface area contributed by atoms with E-state index in [1.807, 2.05) is 35.2 Å². The number of piperidine rings is 1. The second kappa shape index (κ2) is 7.13. The van der Waals surface area contributed by atoms with E-state index in [9.17, 15) is 9.59 Å². The van der Waals surface area contributed by atoms with Gasteiger partial charge in [0.1, 0.15) is 0 Å². The number of hydrogen-bond donors (Lipinski definition) is 0. The van der Waals surface area contributed by atoms with Gasteiger partial charge in [0, 0.05) is 26.2 Å². The minimum Gasteiger partial charge on any atom is -0.342 e. The van der Waals surface area contributed by atoms with Gasteiger partial charge in [-0.3, -0.25) is 9.59 Å². The quantitative estimate of drug-likeness (QED) is 0.830. The maximum atomic E-state index is 13.0. The molecule has 0 N–H and O–H groups in total. The molecule has 142 valence electrons. The lowest BCUT2D eigenvalue weighted by atomic mass is 9.78. The van der Waals surface area contributed by atoms with Gasteiger partial charge in [-0.05, 0) is 37.8 Å². The van der Waals surface area contributed by atoms with Crippen molar-refractivity contribution in [1.82, 2.24) is 24.8 Å². The topological polar surface area (TPSA) is 71.3 Å². The molecule has 7 nitrogen and oxygen atoms in total. The van der Waals surface area contributed by atoms with Crippen LogP contribution in [0, 0.1) is 5.41 Å². The van der Waals surface area contributed by atoms with Crippen LogP contribution in [0.4, 0.5) is 0 Å². The van der Waals surface area contributed by atoms with Crippen LogP contribution in [0.1, 0.15) is 43.1 Å². The van der Waals surface area contributed by atoms with Crippen LogP contribution < -0.4 is 0 Å². The summed E-state index contributed by atoms with van der Waals surface area (Å²) in [5, 5.41) is 8.14. The molecule has 7 heteroatoms. The van der Waals surface area contributed by atoms with E-state index in [-0.39, 0.29) is 11.8 Å². The van der Waals surface area contributed by atoms with E-state index in [1.54, 1.807) is 15.8 Å². The van der Waals surface area contributed by atoms with Gasteiger partial charge in [0.15, 0.2) is 5.69 Å². The maximum absolute atomic E-state index is 13.0. The average molecular weight is 367 g/mol. The van der Waals surface area contributed by atoms with Crippen LogP contribution in [0.2, 0.25) is 0 Å². The van der Waals surface area contributed by atoms with Crippen LogP contribution in [0.5, 0.6) is 0 Å². The van der Waals surface area contributed by atoms with Gasteiger partial charge in [0.05, 0.1) is 17.3 Å². The summed E-state index contributed by atoms with van der Waals surface area (Å²) in [6.45, 7) is 4.83. The van der Waals surface area contributed by atoms with Crippen molar-refractivity contribution in [3.05, 3.63) is 42.2 Å². The van der Waals surface area contributed by atoms with Crippen LogP contribution >= 0.6 is 0 Å². The molecule has 0 aliphatic carbocycles. The number of para-hydroxylation sites is 1. The zero-order chi connectivity index (χ0) is 18.9. The molecule has 0 radical (unpaired) electrons. The van der Waals surface area contributed by atoms with Crippen LogP contribution in [0.3, 0.4) is 0 Å². The first-order chi connectivity index (χ1) is 13.1. The predicted octanol–water partition coefficient (Wildman–Crippen LogP) is 2.13. The highest BCUT2D eigenvalue weighted by Crippen LogP contribution is 2.40. The fourth-order valence-electron chi connectivity index (χ4n) is 4.29. The standard InChI is InChI=1S/C20H25N5O2/c1-2-11-23-12-6-9-20(19(23)27)10-13-24(15-20)18(26)17-14-25(22-21-17)16-7-4-3-5-8-16/h3-5,7-8,14H,2,6,9-13,15H2,1H3/t20-/m1/s1. The van der Waals surface area contributed by atoms with Crippen LogP contribution in [-0.4, -0.2) is 62.8 Å². The molecule has 2 saturated heterocycles. The van der Waals surface area contributed by atoms with Crippen molar-refractivity contribution in [3.8, 4) is 5.69 Å². The van der Waals surface area contributed by atoms with E-state index in [1.165, 1.54) is 0 Å². The summed E-state index contributed by atoms with van der Waals surface area (Å²) in [6.07, 6.45) is 5.25. The SMILES string of the molecule is CCCN1CCC[C@]2(CCN(C(=O)c3cn(-c4ccccc4)nn3)C2)C1=O. The molecule has 2 fully saturated rings. The van der Waals surface area contributed by atoms with Gasteiger partial charge in [-0.1, -0.05) is 30.3 Å². The Bertz CT molecular complexity index is 832. The maximum Gasteiger partial charge on any atom is 0.276 e. The van der Waals surface area contributed by atoms with E-state index in [4.69, 9.17) is 0 Å². The predicted molar refractivity (Wildman–Crippen MR) is 100 cm³/mol. The molecule has 0 saturated carbocycles. The first-order valence-corrected chi connectivity index (χ1v) is 9.69. The molecule has 2 aromatic rings. The van der Waals surface area contributed by atoms with Gasteiger partial charge in [0.25, 0.3) is 5.91 Å². The molecule has 1 aromatic carbocycles. The molecule has 4 rings (SSSR count). The number of nitrogens with zero attached hydrogens (tertiary/aromatic N) is 5. The average Bonchev–Trinajstić information content (AvgIpc) is 3.35. The number of carbonyl (C=O) groups is 2. The summed E-state index contributed by atoms with van der Waals surface area (Å²) in [5.41, 5.74) is 0.780. The van der Waals surface area contributed by atoms with Crippen LogP contribution in [-0.2, 0) is 4.79 Å². The number of amides is 2. The zero-order valence-corrected chi connectivity index (χ0v) is 15.7. The van der Waals surface area contributed by atoms with E-state index in [0.717, 1.165) is 44.5 Å². The third kappa shape index (κ3) is 3.22. The molecule has 1 aromatic heterocycles. The Hall–Kier alpha value is -2.70. The molecule has 2 amide bonds. The van der Waals surface area contributed by atoms with Crippen molar-refractivity contribution in [2.24, 2.45) is 5.41 Å². The van der Waals surface area contributed by atoms with Crippen molar-refractivity contribution < 1.29 is 9.59 Å². The summed E-state index contributed by atoms with van der Waals surface area (Å²) in [4.78, 5) is 29.7. The summed E-state index contributed by atoms with van der Waals surface area (Å²) in [6, 6.07) is 9.59. The fourth-order valence-corrected chi connectivity index (χ4v) is 4.29. The lowest BCUT2D eigenvalue weighted by molar-refractivity contribution is -0.145. The molecule has 2 aliphatic rings. The normalized spacial score (nSPS) is 22.6. The Morgan fingerprint density at radius 3 is 2.78 bits per heavy atom. The van der Waals surface area contributed by atoms with E-state index in [2.05, 4.69) is 17.2 Å². The summed E-state index contributed by atoms with van der Waals surface area (Å²) in [7, 11) is 0. The highest BCUT2D eigenvalue weighted by Gasteiger charge is 2.49. The van der Waals surface area contributed by atoms with Crippen LogP contribution in [0.25, 0.3) is 5.69 Å². The van der Waals surface area contributed by atoms with Gasteiger partial charge >= 0.3 is 0 Å². The molecular weight excluding hydrogens is 342 g/mol. The van der Waals surface area contributed by atoms with Gasteiger partial charge in [-0.15, -0.1) is 5.10 Å². The summed E-state index contributed by atoms with van der Waals surface area (Å²) in [5.74, 6) is 0.0771. The van der Waals surface area contributed by atoms with Gasteiger partial charge < -0.3 is 9.80 Å². The van der Waals surface area contributed by atoms with Crippen molar-refractivity contribution in [2.75, 3.05) is 26.2 Å². The molecule has 2 aliphatic heterocycles. The Morgan fingerprint density at radius 1 is 1.19 bits per heavy atom. The molecule has 27 heavy (non-hydrogen) atoms. The monoisotopic (exact) mass is 367 g/mol. The first kappa shape index (κ1) is 17.7. The van der Waals surface area contributed by atoms with E-state index < -0.39 is 5.41 Å². The highest BCUT2D eigenvalue weighted by atomic mass is 16.2. The molecule has 0 unspecified atom stereocenters. The highest BCUT2D eigenvalue weighted by molar-refractivity contribution is 5.93. The summed E-state index contributed by atoms with van der Waals surface area (Å²) < 4.78 is 1.60. The summed E-state index contributed by atoms with van der Waals surface area (Å²) >= 11 is 0. The van der Waals surface area contributed by atoms with E-state index in [0.29, 0.717) is 18.8 Å². The molecule has 0 bridgehead atoms. The van der Waals surface area contributed by atoms with Crippen molar-refractivity contribution in [1.29, 1.82) is 0 Å². The number of carbonyl (C=O) groups excluding carboxylic acids is 2. The third-order valence-electron chi connectivity index (χ3n) is 5.69. The Kier molecular flexibility index (Phi) is 4.68. The minimum atomic E-state index is -0.404. The largest absolute Gasteiger partial charge is 0.342 e. The molecule has 3 heterocycles. The lowest BCUT2D eigenvalue weighted by Crippen LogP contribution is -2.50. The third-order valence-corrected chi connectivity index (χ3v) is 5.69. The Morgan fingerprint density at radius 2 is 2.00 bits per heavy atom. The molecule has 1 atom stereocenters. The number of likely N-dealkylation sites (tertiary alicyclic amines) is 2. The van der Waals surface area contributed by atoms with Gasteiger partial charge in [0.2, 0.25) is 5.91 Å². The van der Waals surface area contributed by atoms with Crippen molar-refractivity contribution in [3.63, 3.8) is 0 Å². The number of hydrogen-bond acceptors (Lipinski definition) is 4. The van der Waals surface area contributed by atoms with Crippen molar-refractivity contribution in [2.45, 2.75) is 32.6 Å². The molecule has 1 spiro atoms. The Labute approximate surface area is 158 Å². The van der Waals surface area contributed by atoms with Gasteiger partial charge in [-0.2, -0.15) is 0 Å². The smallest absolute Gasteiger partial charge is 0.276 e. The second-order valence-electron chi connectivity index (χ2n) is 7.54. The lowest BCUT2D eigenvalue weighted by Gasteiger charge is -2.39. The van der Waals surface area contributed by atoms with E-state index >= 15 is 0 Å². The fraction of sp³-hybridized carbons (Fsp3) is 0.500.